The Bertz CT molecular complexity index is 1640. The van der Waals surface area contributed by atoms with Crippen molar-refractivity contribution in [3.8, 4) is 5.75 Å². The van der Waals surface area contributed by atoms with E-state index >= 15 is 0 Å². The SMILES string of the molecule is CC(N)CCC(=O)O.CCC=O.CNc1ccc2c(c1)C1(C)CCC[C@](C)(C(=NC=O)[C@@]3(C)CCCC4(C)c5cc(O)ccc5CCC43)C1CC2.NC=O. The Hall–Kier alpha value is -4.05. The summed E-state index contributed by atoms with van der Waals surface area (Å²) in [5.74, 6) is 0.425. The van der Waals surface area contributed by atoms with Crippen LogP contribution in [0.2, 0.25) is 0 Å². The molecule has 0 heterocycles. The van der Waals surface area contributed by atoms with Crippen LogP contribution in [-0.2, 0) is 42.8 Å². The second kappa shape index (κ2) is 19.0. The number of hydrogen-bond acceptors (Lipinski definition) is 7. The van der Waals surface area contributed by atoms with E-state index in [1.54, 1.807) is 6.92 Å². The zero-order valence-corrected chi connectivity index (χ0v) is 33.7. The molecule has 4 aliphatic carbocycles. The standard InChI is InChI=1S/C35H46N2O2.C5H11NO2.C3H6O.CH3NO/c1-32-16-6-18-34(3,29(32)14-10-23-8-12-25(36-5)20-27(23)32)31(37-22-38)35(4)19-7-17-33(2)28-21-26(39)13-9-24(28)11-15-30(33)35;1-4(6)2-3-5(7)8;1-2-3-4;2-1-3/h8-9,12-13,20-22,29-30,36,39H,6-7,10-11,14-19H2,1-5H3;4H,2-3,6H2,1H3,(H,7,8);3H,2H2,1H3;1H,(H2,2,3)/t29?,30?,32?,33?,34-,35-;;;/m0.../s1. The Kier molecular flexibility index (Phi) is 15.6. The van der Waals surface area contributed by atoms with E-state index in [0.717, 1.165) is 70.5 Å². The number of rotatable bonds is 8. The molecule has 2 aromatic carbocycles. The molecule has 7 atom stereocenters. The van der Waals surface area contributed by atoms with Gasteiger partial charge in [-0.15, -0.1) is 0 Å². The quantitative estimate of drug-likeness (QED) is 0.135. The monoisotopic (exact) mass is 746 g/mol. The number of aldehydes is 1. The van der Waals surface area contributed by atoms with E-state index in [4.69, 9.17) is 20.6 Å². The number of nitrogens with zero attached hydrogens (tertiary/aromatic N) is 1. The number of aliphatic carboxylic acids is 1. The number of primary amides is 1. The van der Waals surface area contributed by atoms with Gasteiger partial charge in [0.1, 0.15) is 12.0 Å². The number of anilines is 1. The van der Waals surface area contributed by atoms with E-state index in [-0.39, 0.29) is 40.5 Å². The highest BCUT2D eigenvalue weighted by Gasteiger charge is 2.61. The molecule has 5 unspecified atom stereocenters. The van der Waals surface area contributed by atoms with Crippen LogP contribution in [-0.4, -0.2) is 54.1 Å². The van der Waals surface area contributed by atoms with Crippen molar-refractivity contribution in [2.45, 2.75) is 142 Å². The number of phenols is 1. The summed E-state index contributed by atoms with van der Waals surface area (Å²) < 4.78 is 0. The van der Waals surface area contributed by atoms with Gasteiger partial charge in [0.2, 0.25) is 12.8 Å². The van der Waals surface area contributed by atoms with Gasteiger partial charge in [0.25, 0.3) is 0 Å². The molecular formula is C44H66N4O6. The Labute approximate surface area is 323 Å². The van der Waals surface area contributed by atoms with Crippen molar-refractivity contribution in [2.24, 2.45) is 39.1 Å². The molecule has 6 rings (SSSR count). The van der Waals surface area contributed by atoms with Crippen LogP contribution in [0.25, 0.3) is 0 Å². The van der Waals surface area contributed by atoms with Gasteiger partial charge in [-0.25, -0.2) is 4.99 Å². The van der Waals surface area contributed by atoms with Crippen LogP contribution in [0.15, 0.2) is 41.4 Å². The predicted octanol–water partition coefficient (Wildman–Crippen LogP) is 7.65. The van der Waals surface area contributed by atoms with Gasteiger partial charge in [-0.2, -0.15) is 0 Å². The highest BCUT2D eigenvalue weighted by molar-refractivity contribution is 5.99. The first kappa shape index (κ1) is 44.3. The first-order valence-electron chi connectivity index (χ1n) is 19.8. The molecule has 0 saturated heterocycles. The molecule has 4 aliphatic rings. The fourth-order valence-corrected chi connectivity index (χ4v) is 11.0. The molecule has 10 heteroatoms. The van der Waals surface area contributed by atoms with Crippen LogP contribution in [0.4, 0.5) is 5.69 Å². The van der Waals surface area contributed by atoms with Crippen LogP contribution in [0.1, 0.15) is 134 Å². The molecule has 298 valence electrons. The lowest BCUT2D eigenvalue weighted by molar-refractivity contribution is -0.137. The molecule has 2 saturated carbocycles. The largest absolute Gasteiger partial charge is 0.508 e. The van der Waals surface area contributed by atoms with Crippen LogP contribution in [0.3, 0.4) is 0 Å². The van der Waals surface area contributed by atoms with Crippen molar-refractivity contribution in [3.05, 3.63) is 58.7 Å². The lowest BCUT2D eigenvalue weighted by Gasteiger charge is -2.62. The number of nitrogens with two attached hydrogens (primary N) is 2. The van der Waals surface area contributed by atoms with Crippen LogP contribution in [0, 0.1) is 22.7 Å². The van der Waals surface area contributed by atoms with Gasteiger partial charge in [-0.05, 0) is 134 Å². The number of carboxylic acid groups (broad SMARTS) is 1. The Morgan fingerprint density at radius 1 is 0.907 bits per heavy atom. The van der Waals surface area contributed by atoms with E-state index in [2.05, 4.69) is 63.0 Å². The smallest absolute Gasteiger partial charge is 0.303 e. The second-order valence-electron chi connectivity index (χ2n) is 16.7. The molecule has 7 N–H and O–H groups in total. The van der Waals surface area contributed by atoms with Gasteiger partial charge in [0, 0.05) is 48.2 Å². The molecule has 0 aromatic heterocycles. The van der Waals surface area contributed by atoms with E-state index in [0.29, 0.717) is 30.4 Å². The number of hydrogen-bond donors (Lipinski definition) is 5. The fraction of sp³-hybridized carbons (Fsp3) is 0.614. The van der Waals surface area contributed by atoms with Crippen molar-refractivity contribution < 1.29 is 29.4 Å². The number of amides is 2. The third kappa shape index (κ3) is 9.24. The molecule has 0 spiro atoms. The summed E-state index contributed by atoms with van der Waals surface area (Å²) in [6.45, 7) is 13.4. The molecule has 2 amide bonds. The van der Waals surface area contributed by atoms with Crippen molar-refractivity contribution in [1.29, 1.82) is 0 Å². The maximum Gasteiger partial charge on any atom is 0.303 e. The number of nitrogens with one attached hydrogen (secondary N) is 1. The highest BCUT2D eigenvalue weighted by Crippen LogP contribution is 2.64. The highest BCUT2D eigenvalue weighted by atomic mass is 16.4. The second-order valence-corrected chi connectivity index (χ2v) is 16.7. The number of carboxylic acids is 1. The Balaban J connectivity index is 0.000000446. The number of phenolic OH excluding ortho intramolecular Hbond substituents is 1. The van der Waals surface area contributed by atoms with Gasteiger partial charge in [0.05, 0.1) is 0 Å². The topological polar surface area (TPSA) is 185 Å². The van der Waals surface area contributed by atoms with E-state index in [1.807, 2.05) is 26.1 Å². The van der Waals surface area contributed by atoms with Crippen molar-refractivity contribution in [2.75, 3.05) is 12.4 Å². The van der Waals surface area contributed by atoms with E-state index in [1.165, 1.54) is 40.1 Å². The van der Waals surface area contributed by atoms with Gasteiger partial charge < -0.3 is 31.8 Å². The Morgan fingerprint density at radius 2 is 1.39 bits per heavy atom. The summed E-state index contributed by atoms with van der Waals surface area (Å²) in [7, 11) is 2.01. The first-order chi connectivity index (χ1) is 25.6. The third-order valence-electron chi connectivity index (χ3n) is 13.2. The normalized spacial score (nSPS) is 29.8. The number of aryl methyl sites for hydroxylation is 2. The molecule has 2 aromatic rings. The van der Waals surface area contributed by atoms with Gasteiger partial charge in [-0.3, -0.25) is 14.4 Å². The average molecular weight is 747 g/mol. The lowest BCUT2D eigenvalue weighted by atomic mass is 9.42. The lowest BCUT2D eigenvalue weighted by Crippen LogP contribution is -2.60. The molecule has 10 nitrogen and oxygen atoms in total. The molecule has 54 heavy (non-hydrogen) atoms. The molecule has 0 radical (unpaired) electrons. The van der Waals surface area contributed by atoms with E-state index in [9.17, 15) is 19.5 Å². The van der Waals surface area contributed by atoms with Crippen molar-refractivity contribution in [3.63, 3.8) is 0 Å². The maximum absolute atomic E-state index is 12.4. The summed E-state index contributed by atoms with van der Waals surface area (Å²) >= 11 is 0. The molecular weight excluding hydrogens is 681 g/mol. The molecule has 0 aliphatic heterocycles. The van der Waals surface area contributed by atoms with Crippen LogP contribution in [0.5, 0.6) is 5.75 Å². The minimum atomic E-state index is -0.776. The number of fused-ring (bicyclic) bond motifs is 6. The van der Waals surface area contributed by atoms with Crippen molar-refractivity contribution in [1.82, 2.24) is 0 Å². The summed E-state index contributed by atoms with van der Waals surface area (Å²) in [5, 5.41) is 21.9. The summed E-state index contributed by atoms with van der Waals surface area (Å²) in [4.78, 5) is 44.9. The predicted molar refractivity (Wildman–Crippen MR) is 217 cm³/mol. The fourth-order valence-electron chi connectivity index (χ4n) is 11.0. The number of carbonyl (C=O) groups is 4. The van der Waals surface area contributed by atoms with Crippen molar-refractivity contribution >= 4 is 36.5 Å². The Morgan fingerprint density at radius 3 is 1.80 bits per heavy atom. The van der Waals surface area contributed by atoms with E-state index < -0.39 is 5.97 Å². The minimum absolute atomic E-state index is 0.00565. The van der Waals surface area contributed by atoms with Crippen LogP contribution < -0.4 is 16.8 Å². The first-order valence-corrected chi connectivity index (χ1v) is 19.8. The minimum Gasteiger partial charge on any atom is -0.508 e. The summed E-state index contributed by atoms with van der Waals surface area (Å²) in [6, 6.07) is 12.9. The number of carbonyl (C=O) groups excluding carboxylic acids is 3. The average Bonchev–Trinajstić information content (AvgIpc) is 3.13. The van der Waals surface area contributed by atoms with Gasteiger partial charge >= 0.3 is 5.97 Å². The number of benzene rings is 2. The maximum atomic E-state index is 12.4. The van der Waals surface area contributed by atoms with Crippen LogP contribution >= 0.6 is 0 Å². The van der Waals surface area contributed by atoms with Gasteiger partial charge in [-0.1, -0.05) is 59.6 Å². The summed E-state index contributed by atoms with van der Waals surface area (Å²) in [6.07, 6.45) is 14.5. The number of aliphatic imine (C=N–C) groups is 1. The zero-order chi connectivity index (χ0) is 40.3. The molecule has 2 fully saturated rings. The van der Waals surface area contributed by atoms with Gasteiger partial charge in [0.15, 0.2) is 0 Å². The zero-order valence-electron chi connectivity index (χ0n) is 33.7. The third-order valence-corrected chi connectivity index (χ3v) is 13.2. The number of aromatic hydroxyl groups is 1. The molecule has 0 bridgehead atoms. The summed E-state index contributed by atoms with van der Waals surface area (Å²) in [5.41, 5.74) is 17.2.